The predicted octanol–water partition coefficient (Wildman–Crippen LogP) is 4.96. The number of halogens is 2. The Hall–Kier alpha value is -1.55. The average Bonchev–Trinajstić information content (AvgIpc) is 2.50. The zero-order chi connectivity index (χ0) is 15.9. The van der Waals surface area contributed by atoms with Gasteiger partial charge in [0.1, 0.15) is 0 Å². The second kappa shape index (κ2) is 9.56. The summed E-state index contributed by atoms with van der Waals surface area (Å²) < 4.78 is 0. The molecule has 0 aliphatic rings. The zero-order valence-corrected chi connectivity index (χ0v) is 14.9. The van der Waals surface area contributed by atoms with Crippen LogP contribution in [0.15, 0.2) is 48.5 Å². The second-order valence-electron chi connectivity index (χ2n) is 5.27. The van der Waals surface area contributed by atoms with Gasteiger partial charge in [-0.2, -0.15) is 0 Å². The first-order valence-electron chi connectivity index (χ1n) is 7.44. The summed E-state index contributed by atoms with van der Waals surface area (Å²) in [4.78, 5) is 11.0. The summed E-state index contributed by atoms with van der Waals surface area (Å²) >= 11 is 5.93. The highest BCUT2D eigenvalue weighted by molar-refractivity contribution is 6.30. The molecule has 0 aromatic heterocycles. The molecule has 0 bridgehead atoms. The van der Waals surface area contributed by atoms with Crippen molar-refractivity contribution in [3.05, 3.63) is 64.7 Å². The smallest absolute Gasteiger partial charge is 0.221 e. The highest BCUT2D eigenvalue weighted by Crippen LogP contribution is 2.20. The predicted molar refractivity (Wildman–Crippen MR) is 99.3 cm³/mol. The molecular weight excluding hydrogens is 331 g/mol. The molecule has 1 atom stereocenters. The van der Waals surface area contributed by atoms with E-state index in [1.165, 1.54) is 18.1 Å². The number of rotatable bonds is 6. The van der Waals surface area contributed by atoms with Crippen molar-refractivity contribution in [2.24, 2.45) is 0 Å². The average molecular weight is 353 g/mol. The van der Waals surface area contributed by atoms with E-state index in [-0.39, 0.29) is 18.3 Å². The van der Waals surface area contributed by atoms with Gasteiger partial charge in [-0.1, -0.05) is 42.8 Å². The molecule has 0 radical (unpaired) electrons. The van der Waals surface area contributed by atoms with Gasteiger partial charge in [0, 0.05) is 30.2 Å². The standard InChI is InChI=1S/C18H21ClN2O.ClH/c1-3-18(15-6-8-16(19)9-7-15)20-12-14-4-10-17(11-5-14)21-13(2)22;/h4-11,18,20H,3,12H2,1-2H3,(H,21,22);1H. The third-order valence-electron chi connectivity index (χ3n) is 3.51. The summed E-state index contributed by atoms with van der Waals surface area (Å²) in [7, 11) is 0. The van der Waals surface area contributed by atoms with Crippen molar-refractivity contribution in [1.29, 1.82) is 0 Å². The minimum atomic E-state index is -0.0559. The maximum atomic E-state index is 11.0. The Kier molecular flexibility index (Phi) is 8.10. The van der Waals surface area contributed by atoms with Gasteiger partial charge in [-0.15, -0.1) is 12.4 Å². The largest absolute Gasteiger partial charge is 0.326 e. The van der Waals surface area contributed by atoms with E-state index in [9.17, 15) is 4.79 Å². The Morgan fingerprint density at radius 1 is 1.09 bits per heavy atom. The number of hydrogen-bond donors (Lipinski definition) is 2. The summed E-state index contributed by atoms with van der Waals surface area (Å²) in [6.07, 6.45) is 1.01. The SMILES string of the molecule is CCC(NCc1ccc(NC(C)=O)cc1)c1ccc(Cl)cc1.Cl. The molecule has 1 amide bonds. The van der Waals surface area contributed by atoms with Gasteiger partial charge in [0.25, 0.3) is 0 Å². The molecule has 2 N–H and O–H groups in total. The van der Waals surface area contributed by atoms with E-state index >= 15 is 0 Å². The fourth-order valence-corrected chi connectivity index (χ4v) is 2.47. The van der Waals surface area contributed by atoms with E-state index in [0.717, 1.165) is 23.7 Å². The summed E-state index contributed by atoms with van der Waals surface area (Å²) in [6, 6.07) is 16.1. The third-order valence-corrected chi connectivity index (χ3v) is 3.76. The van der Waals surface area contributed by atoms with Gasteiger partial charge in [0.2, 0.25) is 5.91 Å². The van der Waals surface area contributed by atoms with Crippen molar-refractivity contribution in [1.82, 2.24) is 5.32 Å². The van der Waals surface area contributed by atoms with E-state index in [0.29, 0.717) is 6.04 Å². The van der Waals surface area contributed by atoms with Crippen LogP contribution < -0.4 is 10.6 Å². The van der Waals surface area contributed by atoms with Crippen LogP contribution in [0.1, 0.15) is 37.4 Å². The summed E-state index contributed by atoms with van der Waals surface area (Å²) in [5.74, 6) is -0.0559. The summed E-state index contributed by atoms with van der Waals surface area (Å²) in [5, 5.41) is 7.08. The first-order chi connectivity index (χ1) is 10.6. The Morgan fingerprint density at radius 2 is 1.70 bits per heavy atom. The molecule has 0 heterocycles. The summed E-state index contributed by atoms with van der Waals surface area (Å²) in [5.41, 5.74) is 3.24. The van der Waals surface area contributed by atoms with Gasteiger partial charge in [0.15, 0.2) is 0 Å². The third kappa shape index (κ3) is 6.22. The van der Waals surface area contributed by atoms with Gasteiger partial charge in [-0.25, -0.2) is 0 Å². The second-order valence-corrected chi connectivity index (χ2v) is 5.71. The number of carbonyl (C=O) groups is 1. The van der Waals surface area contributed by atoms with Crippen LogP contribution in [0.4, 0.5) is 5.69 Å². The maximum absolute atomic E-state index is 11.0. The van der Waals surface area contributed by atoms with Crippen LogP contribution >= 0.6 is 24.0 Å². The van der Waals surface area contributed by atoms with Crippen LogP contribution in [0, 0.1) is 0 Å². The number of nitrogens with one attached hydrogen (secondary N) is 2. The lowest BCUT2D eigenvalue weighted by molar-refractivity contribution is -0.114. The normalized spacial score (nSPS) is 11.4. The lowest BCUT2D eigenvalue weighted by atomic mass is 10.0. The minimum Gasteiger partial charge on any atom is -0.326 e. The van der Waals surface area contributed by atoms with Crippen molar-refractivity contribution < 1.29 is 4.79 Å². The first-order valence-corrected chi connectivity index (χ1v) is 7.81. The van der Waals surface area contributed by atoms with Gasteiger partial charge in [-0.3, -0.25) is 4.79 Å². The van der Waals surface area contributed by atoms with Crippen LogP contribution in [0.25, 0.3) is 0 Å². The Morgan fingerprint density at radius 3 is 2.22 bits per heavy atom. The maximum Gasteiger partial charge on any atom is 0.221 e. The molecular formula is C18H22Cl2N2O. The molecule has 0 saturated carbocycles. The lowest BCUT2D eigenvalue weighted by Crippen LogP contribution is -2.20. The zero-order valence-electron chi connectivity index (χ0n) is 13.3. The van der Waals surface area contributed by atoms with E-state index in [1.54, 1.807) is 0 Å². The van der Waals surface area contributed by atoms with Crippen LogP contribution in [0.3, 0.4) is 0 Å². The van der Waals surface area contributed by atoms with E-state index in [4.69, 9.17) is 11.6 Å². The van der Waals surface area contributed by atoms with Crippen molar-refractivity contribution in [2.75, 3.05) is 5.32 Å². The molecule has 1 unspecified atom stereocenters. The monoisotopic (exact) mass is 352 g/mol. The fourth-order valence-electron chi connectivity index (χ4n) is 2.34. The molecule has 5 heteroatoms. The highest BCUT2D eigenvalue weighted by atomic mass is 35.5. The van der Waals surface area contributed by atoms with Gasteiger partial charge < -0.3 is 10.6 Å². The van der Waals surface area contributed by atoms with Crippen molar-refractivity contribution in [3.63, 3.8) is 0 Å². The topological polar surface area (TPSA) is 41.1 Å². The van der Waals surface area contributed by atoms with Gasteiger partial charge >= 0.3 is 0 Å². The van der Waals surface area contributed by atoms with E-state index in [1.807, 2.05) is 36.4 Å². The van der Waals surface area contributed by atoms with E-state index in [2.05, 4.69) is 29.7 Å². The fraction of sp³-hybridized carbons (Fsp3) is 0.278. The van der Waals surface area contributed by atoms with Crippen LogP contribution in [-0.2, 0) is 11.3 Å². The molecule has 0 aliphatic carbocycles. The molecule has 0 fully saturated rings. The Labute approximate surface area is 148 Å². The molecule has 2 aromatic carbocycles. The van der Waals surface area contributed by atoms with E-state index < -0.39 is 0 Å². The molecule has 0 saturated heterocycles. The quantitative estimate of drug-likeness (QED) is 0.771. The number of carbonyl (C=O) groups excluding carboxylic acids is 1. The number of hydrogen-bond acceptors (Lipinski definition) is 2. The minimum absolute atomic E-state index is 0. The number of amides is 1. The highest BCUT2D eigenvalue weighted by Gasteiger charge is 2.08. The molecule has 2 rings (SSSR count). The van der Waals surface area contributed by atoms with Crippen molar-refractivity contribution in [3.8, 4) is 0 Å². The molecule has 3 nitrogen and oxygen atoms in total. The molecule has 23 heavy (non-hydrogen) atoms. The van der Waals surface area contributed by atoms with Crippen LogP contribution in [0.5, 0.6) is 0 Å². The first kappa shape index (κ1) is 19.5. The van der Waals surface area contributed by atoms with Crippen LogP contribution in [0.2, 0.25) is 5.02 Å². The van der Waals surface area contributed by atoms with Gasteiger partial charge in [-0.05, 0) is 41.8 Å². The van der Waals surface area contributed by atoms with Crippen molar-refractivity contribution in [2.45, 2.75) is 32.9 Å². The Bertz CT molecular complexity index is 612. The Balaban J connectivity index is 0.00000264. The van der Waals surface area contributed by atoms with Crippen LogP contribution in [-0.4, -0.2) is 5.91 Å². The van der Waals surface area contributed by atoms with Crippen molar-refractivity contribution >= 4 is 35.6 Å². The molecule has 124 valence electrons. The van der Waals surface area contributed by atoms with Gasteiger partial charge in [0.05, 0.1) is 0 Å². The molecule has 0 spiro atoms. The number of benzene rings is 2. The molecule has 2 aromatic rings. The molecule has 0 aliphatic heterocycles. The lowest BCUT2D eigenvalue weighted by Gasteiger charge is -2.18. The summed E-state index contributed by atoms with van der Waals surface area (Å²) in [6.45, 7) is 4.45. The number of anilines is 1.